The van der Waals surface area contributed by atoms with Gasteiger partial charge in [-0.05, 0) is 49.1 Å². The van der Waals surface area contributed by atoms with Crippen molar-refractivity contribution in [2.24, 2.45) is 7.05 Å². The van der Waals surface area contributed by atoms with Crippen molar-refractivity contribution < 1.29 is 9.59 Å². The first-order chi connectivity index (χ1) is 13.5. The average molecular weight is 380 g/mol. The van der Waals surface area contributed by atoms with Crippen LogP contribution in [0.25, 0.3) is 0 Å². The molecule has 5 nitrogen and oxygen atoms in total. The summed E-state index contributed by atoms with van der Waals surface area (Å²) in [6, 6.07) is 11.9. The highest BCUT2D eigenvalue weighted by molar-refractivity contribution is 5.96. The van der Waals surface area contributed by atoms with Gasteiger partial charge in [-0.1, -0.05) is 25.1 Å². The number of aromatic nitrogens is 1. The van der Waals surface area contributed by atoms with Gasteiger partial charge < -0.3 is 14.4 Å². The lowest BCUT2D eigenvalue weighted by atomic mass is 10.1. The zero-order valence-corrected chi connectivity index (χ0v) is 16.8. The molecule has 2 amide bonds. The zero-order valence-electron chi connectivity index (χ0n) is 16.8. The summed E-state index contributed by atoms with van der Waals surface area (Å²) >= 11 is 0. The Bertz CT molecular complexity index is 834. The number of rotatable bonds is 9. The minimum atomic E-state index is -0.134. The molecule has 2 aromatic rings. The van der Waals surface area contributed by atoms with E-state index in [2.05, 4.69) is 13.5 Å². The molecule has 5 heteroatoms. The van der Waals surface area contributed by atoms with E-state index < -0.39 is 0 Å². The summed E-state index contributed by atoms with van der Waals surface area (Å²) in [5.74, 6) is -0.144. The maximum Gasteiger partial charge on any atom is 0.254 e. The van der Waals surface area contributed by atoms with Crippen LogP contribution in [0.4, 0.5) is 0 Å². The Labute approximate surface area is 167 Å². The summed E-state index contributed by atoms with van der Waals surface area (Å²) < 4.78 is 2.03. The van der Waals surface area contributed by atoms with Crippen molar-refractivity contribution in [1.82, 2.24) is 14.4 Å². The van der Waals surface area contributed by atoms with E-state index in [1.807, 2.05) is 59.1 Å². The third-order valence-corrected chi connectivity index (χ3v) is 5.26. The number of aryl methyl sites for hydroxylation is 2. The van der Waals surface area contributed by atoms with Gasteiger partial charge in [0.2, 0.25) is 5.91 Å². The van der Waals surface area contributed by atoms with Crippen molar-refractivity contribution in [3.05, 3.63) is 72.1 Å². The van der Waals surface area contributed by atoms with Gasteiger partial charge in [0.15, 0.2) is 0 Å². The van der Waals surface area contributed by atoms with Crippen LogP contribution in [0.3, 0.4) is 0 Å². The van der Waals surface area contributed by atoms with Gasteiger partial charge in [0, 0.05) is 37.1 Å². The highest BCUT2D eigenvalue weighted by Gasteiger charge is 2.34. The van der Waals surface area contributed by atoms with Crippen LogP contribution in [0.15, 0.2) is 55.3 Å². The van der Waals surface area contributed by atoms with Gasteiger partial charge in [0.25, 0.3) is 5.91 Å². The molecule has 3 rings (SSSR count). The molecule has 0 unspecified atom stereocenters. The molecule has 0 aliphatic heterocycles. The third-order valence-electron chi connectivity index (χ3n) is 5.26. The normalized spacial score (nSPS) is 13.2. The highest BCUT2D eigenvalue weighted by Crippen LogP contribution is 2.28. The Morgan fingerprint density at radius 1 is 1.21 bits per heavy atom. The molecule has 0 spiro atoms. The molecular weight excluding hydrogens is 350 g/mol. The summed E-state index contributed by atoms with van der Waals surface area (Å²) in [6.45, 7) is 6.83. The van der Waals surface area contributed by atoms with Gasteiger partial charge in [-0.15, -0.1) is 6.58 Å². The summed E-state index contributed by atoms with van der Waals surface area (Å²) in [5, 5.41) is 0. The maximum atomic E-state index is 13.1. The van der Waals surface area contributed by atoms with Gasteiger partial charge in [-0.25, -0.2) is 0 Å². The fourth-order valence-electron chi connectivity index (χ4n) is 3.34. The van der Waals surface area contributed by atoms with E-state index in [4.69, 9.17) is 0 Å². The van der Waals surface area contributed by atoms with Crippen molar-refractivity contribution in [2.45, 2.75) is 38.8 Å². The lowest BCUT2D eigenvalue weighted by molar-refractivity contribution is -0.133. The van der Waals surface area contributed by atoms with Gasteiger partial charge in [0.1, 0.15) is 6.54 Å². The first-order valence-corrected chi connectivity index (χ1v) is 9.92. The van der Waals surface area contributed by atoms with Gasteiger partial charge in [-0.3, -0.25) is 9.59 Å². The SMILES string of the molecule is C=CCN(CC(=O)N(Cc1cccn1C)C1CC1)C(=O)c1ccc(CC)cc1. The Morgan fingerprint density at radius 2 is 1.93 bits per heavy atom. The second kappa shape index (κ2) is 8.91. The molecular formula is C23H29N3O2. The van der Waals surface area contributed by atoms with Gasteiger partial charge >= 0.3 is 0 Å². The molecule has 1 aromatic heterocycles. The molecule has 1 heterocycles. The van der Waals surface area contributed by atoms with Crippen LogP contribution in [-0.4, -0.2) is 45.3 Å². The van der Waals surface area contributed by atoms with Crippen LogP contribution in [0.5, 0.6) is 0 Å². The second-order valence-corrected chi connectivity index (χ2v) is 7.39. The van der Waals surface area contributed by atoms with E-state index in [9.17, 15) is 9.59 Å². The Hall–Kier alpha value is -2.82. The third kappa shape index (κ3) is 4.71. The van der Waals surface area contributed by atoms with E-state index in [0.29, 0.717) is 18.7 Å². The van der Waals surface area contributed by atoms with Crippen LogP contribution in [-0.2, 0) is 24.8 Å². The number of benzene rings is 1. The van der Waals surface area contributed by atoms with Crippen molar-refractivity contribution in [3.8, 4) is 0 Å². The maximum absolute atomic E-state index is 13.1. The van der Waals surface area contributed by atoms with Crippen LogP contribution in [0, 0.1) is 0 Å². The van der Waals surface area contributed by atoms with Crippen LogP contribution in [0.1, 0.15) is 41.4 Å². The monoisotopic (exact) mass is 379 g/mol. The molecule has 0 atom stereocenters. The van der Waals surface area contributed by atoms with E-state index in [1.54, 1.807) is 11.0 Å². The number of carbonyl (C=O) groups is 2. The zero-order chi connectivity index (χ0) is 20.1. The molecule has 1 aliphatic rings. The van der Waals surface area contributed by atoms with E-state index in [-0.39, 0.29) is 24.4 Å². The first-order valence-electron chi connectivity index (χ1n) is 9.92. The molecule has 1 aliphatic carbocycles. The summed E-state index contributed by atoms with van der Waals surface area (Å²) in [4.78, 5) is 29.5. The van der Waals surface area contributed by atoms with Gasteiger partial charge in [0.05, 0.1) is 6.54 Å². The number of hydrogen-bond acceptors (Lipinski definition) is 2. The minimum absolute atomic E-state index is 0.0101. The molecule has 28 heavy (non-hydrogen) atoms. The molecule has 1 fully saturated rings. The lowest BCUT2D eigenvalue weighted by Gasteiger charge is -2.27. The lowest BCUT2D eigenvalue weighted by Crippen LogP contribution is -2.43. The Morgan fingerprint density at radius 3 is 2.46 bits per heavy atom. The highest BCUT2D eigenvalue weighted by atomic mass is 16.2. The van der Waals surface area contributed by atoms with Crippen molar-refractivity contribution >= 4 is 11.8 Å². The predicted octanol–water partition coefficient (Wildman–Crippen LogP) is 3.41. The molecule has 0 saturated heterocycles. The molecule has 1 saturated carbocycles. The molecule has 1 aromatic carbocycles. The molecule has 0 N–H and O–H groups in total. The summed E-state index contributed by atoms with van der Waals surface area (Å²) in [6.07, 6.45) is 6.65. The fraction of sp³-hybridized carbons (Fsp3) is 0.391. The fourth-order valence-corrected chi connectivity index (χ4v) is 3.34. The first kappa shape index (κ1) is 19.9. The van der Waals surface area contributed by atoms with Crippen LogP contribution in [0.2, 0.25) is 0 Å². The number of nitrogens with zero attached hydrogens (tertiary/aromatic N) is 3. The molecule has 0 radical (unpaired) electrons. The number of amides is 2. The van der Waals surface area contributed by atoms with Crippen LogP contribution >= 0.6 is 0 Å². The standard InChI is InChI=1S/C23H29N3O2/c1-4-14-25(23(28)19-10-8-18(5-2)9-11-19)17-22(27)26(20-12-13-20)16-21-7-6-15-24(21)3/h4,6-11,15,20H,1,5,12-14,16-17H2,2-3H3. The van der Waals surface area contributed by atoms with Crippen molar-refractivity contribution in [3.63, 3.8) is 0 Å². The van der Waals surface area contributed by atoms with E-state index in [1.165, 1.54) is 5.56 Å². The van der Waals surface area contributed by atoms with E-state index in [0.717, 1.165) is 25.0 Å². The largest absolute Gasteiger partial charge is 0.353 e. The van der Waals surface area contributed by atoms with Crippen molar-refractivity contribution in [2.75, 3.05) is 13.1 Å². The summed E-state index contributed by atoms with van der Waals surface area (Å²) in [7, 11) is 1.98. The average Bonchev–Trinajstić information content (AvgIpc) is 3.47. The number of carbonyl (C=O) groups excluding carboxylic acids is 2. The minimum Gasteiger partial charge on any atom is -0.353 e. The quantitative estimate of drug-likeness (QED) is 0.627. The predicted molar refractivity (Wildman–Crippen MR) is 111 cm³/mol. The summed E-state index contributed by atoms with van der Waals surface area (Å²) in [5.41, 5.74) is 2.88. The van der Waals surface area contributed by atoms with Crippen LogP contribution < -0.4 is 0 Å². The molecule has 148 valence electrons. The second-order valence-electron chi connectivity index (χ2n) is 7.39. The molecule has 0 bridgehead atoms. The van der Waals surface area contributed by atoms with E-state index >= 15 is 0 Å². The van der Waals surface area contributed by atoms with Crippen molar-refractivity contribution in [1.29, 1.82) is 0 Å². The Kier molecular flexibility index (Phi) is 6.34. The smallest absolute Gasteiger partial charge is 0.254 e. The topological polar surface area (TPSA) is 45.6 Å². The van der Waals surface area contributed by atoms with Gasteiger partial charge in [-0.2, -0.15) is 0 Å². The Balaban J connectivity index is 1.72. The number of hydrogen-bond donors (Lipinski definition) is 0.